The third-order valence-electron chi connectivity index (χ3n) is 8.41. The van der Waals surface area contributed by atoms with Crippen LogP contribution in [-0.4, -0.2) is 85.5 Å². The van der Waals surface area contributed by atoms with Crippen LogP contribution in [0, 0.1) is 6.92 Å². The van der Waals surface area contributed by atoms with E-state index in [0.717, 1.165) is 49.9 Å². The number of hydrogen-bond donors (Lipinski definition) is 2. The predicted molar refractivity (Wildman–Crippen MR) is 180 cm³/mol. The van der Waals surface area contributed by atoms with Crippen molar-refractivity contribution in [3.8, 4) is 0 Å². The number of benzene rings is 2. The van der Waals surface area contributed by atoms with Gasteiger partial charge in [0, 0.05) is 61.1 Å². The number of aliphatic imine (C=N–C) groups is 1. The van der Waals surface area contributed by atoms with Crippen molar-refractivity contribution in [3.63, 3.8) is 0 Å². The second-order valence-electron chi connectivity index (χ2n) is 11.7. The van der Waals surface area contributed by atoms with Crippen LogP contribution in [0.25, 0.3) is 11.0 Å². The Morgan fingerprint density at radius 1 is 0.979 bits per heavy atom. The lowest BCUT2D eigenvalue weighted by atomic mass is 10.1. The number of hydrogen-bond acceptors (Lipinski definition) is 7. The Bertz CT molecular complexity index is 1790. The highest BCUT2D eigenvalue weighted by Gasteiger charge is 2.27. The summed E-state index contributed by atoms with van der Waals surface area (Å²) in [5.74, 6) is 0.0151. The Hall–Kier alpha value is -4.49. The van der Waals surface area contributed by atoms with Crippen molar-refractivity contribution >= 4 is 50.4 Å². The molecule has 0 atom stereocenters. The number of sulfonamides is 1. The fourth-order valence-electron chi connectivity index (χ4n) is 5.83. The van der Waals surface area contributed by atoms with E-state index in [0.29, 0.717) is 42.9 Å². The quantitative estimate of drug-likeness (QED) is 0.195. The van der Waals surface area contributed by atoms with Crippen LogP contribution < -0.4 is 10.6 Å². The lowest BCUT2D eigenvalue weighted by Crippen LogP contribution is -2.42. The summed E-state index contributed by atoms with van der Waals surface area (Å²) in [6, 6.07) is 13.1. The van der Waals surface area contributed by atoms with Crippen LogP contribution in [0.1, 0.15) is 62.1 Å². The summed E-state index contributed by atoms with van der Waals surface area (Å²) in [6.45, 7) is 8.04. The van der Waals surface area contributed by atoms with Gasteiger partial charge in [-0.25, -0.2) is 13.4 Å². The van der Waals surface area contributed by atoms with E-state index in [1.807, 2.05) is 25.1 Å². The zero-order valence-electron chi connectivity index (χ0n) is 27.1. The van der Waals surface area contributed by atoms with Gasteiger partial charge in [0.15, 0.2) is 0 Å². The van der Waals surface area contributed by atoms with Crippen LogP contribution in [0.15, 0.2) is 74.6 Å². The second kappa shape index (κ2) is 14.9. The molecule has 0 radical (unpaired) electrons. The minimum atomic E-state index is -3.68. The van der Waals surface area contributed by atoms with Gasteiger partial charge in [-0.05, 0) is 87.6 Å². The fourth-order valence-corrected chi connectivity index (χ4v) is 7.29. The van der Waals surface area contributed by atoms with E-state index in [2.05, 4.69) is 15.6 Å². The first-order valence-electron chi connectivity index (χ1n) is 16.1. The largest absolute Gasteiger partial charge is 0.461 e. The van der Waals surface area contributed by atoms with Crippen molar-refractivity contribution in [2.45, 2.75) is 57.8 Å². The number of fused-ring (bicyclic) bond motifs is 1. The average Bonchev–Trinajstić information content (AvgIpc) is 3.69. The van der Waals surface area contributed by atoms with Gasteiger partial charge in [-0.3, -0.25) is 19.7 Å². The van der Waals surface area contributed by atoms with E-state index in [4.69, 9.17) is 4.42 Å². The first-order chi connectivity index (χ1) is 22.6. The molecule has 0 saturated carbocycles. The van der Waals surface area contributed by atoms with Crippen molar-refractivity contribution in [2.24, 2.45) is 4.99 Å². The van der Waals surface area contributed by atoms with Gasteiger partial charge in [0.05, 0.1) is 4.90 Å². The SMILES string of the molecule is CCN(CC)S(=O)(=O)c1ccc(C(=O)NC(=N/C=C2\CCCCN(CC(=O)N3CCCC3)C2=O)Nc2ccc3oc(C)cc3c2)cc1. The molecule has 2 aliphatic heterocycles. The summed E-state index contributed by atoms with van der Waals surface area (Å²) in [7, 11) is -3.68. The van der Waals surface area contributed by atoms with Gasteiger partial charge in [-0.15, -0.1) is 0 Å². The number of nitrogens with zero attached hydrogens (tertiary/aromatic N) is 4. The molecule has 1 aromatic heterocycles. The van der Waals surface area contributed by atoms with E-state index in [1.165, 1.54) is 34.8 Å². The molecule has 13 heteroatoms. The minimum Gasteiger partial charge on any atom is -0.461 e. The number of carbonyl (C=O) groups excluding carboxylic acids is 3. The highest BCUT2D eigenvalue weighted by atomic mass is 32.2. The molecule has 0 spiro atoms. The van der Waals surface area contributed by atoms with Crippen LogP contribution in [-0.2, 0) is 19.6 Å². The number of carbonyl (C=O) groups is 3. The molecule has 0 bridgehead atoms. The molecule has 2 fully saturated rings. The van der Waals surface area contributed by atoms with E-state index in [1.54, 1.807) is 29.7 Å². The molecular weight excluding hydrogens is 620 g/mol. The standard InChI is InChI=1S/C34H42N6O6S/c1-4-40(5-2)47(44,45)29-14-11-25(12-15-29)32(42)37-34(36-28-13-16-30-27(21-28)20-24(3)46-30)35-22-26-10-6-7-19-39(33(26)43)23-31(41)38-17-8-9-18-38/h11-16,20-22H,4-10,17-19,23H2,1-3H3,(H2,35,36,37,42)/b26-22+. The number of furan rings is 1. The molecule has 3 aromatic rings. The van der Waals surface area contributed by atoms with Crippen LogP contribution in [0.4, 0.5) is 5.69 Å². The summed E-state index contributed by atoms with van der Waals surface area (Å²) >= 11 is 0. The fraction of sp³-hybridized carbons (Fsp3) is 0.412. The molecule has 3 amide bonds. The minimum absolute atomic E-state index is 0.0336. The van der Waals surface area contributed by atoms with Gasteiger partial charge in [-0.2, -0.15) is 4.31 Å². The van der Waals surface area contributed by atoms with Crippen molar-refractivity contribution in [2.75, 3.05) is 44.6 Å². The van der Waals surface area contributed by atoms with Gasteiger partial charge in [0.1, 0.15) is 17.9 Å². The Balaban J connectivity index is 1.39. The maximum atomic E-state index is 13.5. The zero-order valence-corrected chi connectivity index (χ0v) is 27.9. The maximum absolute atomic E-state index is 13.5. The first kappa shape index (κ1) is 33.9. The van der Waals surface area contributed by atoms with Crippen molar-refractivity contribution in [1.82, 2.24) is 19.4 Å². The lowest BCUT2D eigenvalue weighted by molar-refractivity contribution is -0.137. The van der Waals surface area contributed by atoms with E-state index >= 15 is 0 Å². The third-order valence-corrected chi connectivity index (χ3v) is 10.5. The highest BCUT2D eigenvalue weighted by molar-refractivity contribution is 7.89. The topological polar surface area (TPSA) is 145 Å². The Labute approximate surface area is 275 Å². The number of nitrogens with one attached hydrogen (secondary N) is 2. The molecule has 5 rings (SSSR count). The molecule has 12 nitrogen and oxygen atoms in total. The van der Waals surface area contributed by atoms with Gasteiger partial charge < -0.3 is 19.5 Å². The molecule has 250 valence electrons. The van der Waals surface area contributed by atoms with Crippen LogP contribution >= 0.6 is 0 Å². The normalized spacial score (nSPS) is 17.1. The van der Waals surface area contributed by atoms with Gasteiger partial charge in [0.2, 0.25) is 21.9 Å². The predicted octanol–water partition coefficient (Wildman–Crippen LogP) is 4.49. The summed E-state index contributed by atoms with van der Waals surface area (Å²) < 4.78 is 32.9. The Morgan fingerprint density at radius 2 is 1.68 bits per heavy atom. The first-order valence-corrected chi connectivity index (χ1v) is 17.6. The molecule has 2 saturated heterocycles. The molecular formula is C34H42N6O6S. The van der Waals surface area contributed by atoms with Crippen molar-refractivity contribution in [1.29, 1.82) is 0 Å². The Kier molecular flexibility index (Phi) is 10.8. The molecule has 2 N–H and O–H groups in total. The molecule has 0 aliphatic carbocycles. The van der Waals surface area contributed by atoms with E-state index < -0.39 is 15.9 Å². The average molecular weight is 663 g/mol. The van der Waals surface area contributed by atoms with Gasteiger partial charge >= 0.3 is 0 Å². The number of anilines is 1. The van der Waals surface area contributed by atoms with Gasteiger partial charge in [0.25, 0.3) is 11.8 Å². The van der Waals surface area contributed by atoms with E-state index in [-0.39, 0.29) is 34.8 Å². The number of likely N-dealkylation sites (tertiary alicyclic amines) is 2. The summed E-state index contributed by atoms with van der Waals surface area (Å²) in [4.78, 5) is 47.7. The van der Waals surface area contributed by atoms with Crippen LogP contribution in [0.3, 0.4) is 0 Å². The summed E-state index contributed by atoms with van der Waals surface area (Å²) in [6.07, 6.45) is 5.42. The van der Waals surface area contributed by atoms with Crippen molar-refractivity contribution in [3.05, 3.63) is 71.6 Å². The Morgan fingerprint density at radius 3 is 2.38 bits per heavy atom. The smallest absolute Gasteiger partial charge is 0.257 e. The van der Waals surface area contributed by atoms with Crippen LogP contribution in [0.2, 0.25) is 0 Å². The van der Waals surface area contributed by atoms with Crippen LogP contribution in [0.5, 0.6) is 0 Å². The maximum Gasteiger partial charge on any atom is 0.257 e. The molecule has 3 heterocycles. The summed E-state index contributed by atoms with van der Waals surface area (Å²) in [5.41, 5.74) is 2.01. The highest BCUT2D eigenvalue weighted by Crippen LogP contribution is 2.23. The summed E-state index contributed by atoms with van der Waals surface area (Å²) in [5, 5.41) is 6.78. The zero-order chi connectivity index (χ0) is 33.6. The lowest BCUT2D eigenvalue weighted by Gasteiger charge is -2.24. The number of amides is 3. The number of guanidine groups is 1. The number of aryl methyl sites for hydroxylation is 1. The molecule has 2 aliphatic rings. The molecule has 47 heavy (non-hydrogen) atoms. The van der Waals surface area contributed by atoms with Crippen molar-refractivity contribution < 1.29 is 27.2 Å². The number of rotatable bonds is 9. The third kappa shape index (κ3) is 8.09. The molecule has 2 aromatic carbocycles. The molecule has 0 unspecified atom stereocenters. The second-order valence-corrected chi connectivity index (χ2v) is 13.6. The monoisotopic (exact) mass is 662 g/mol. The van der Waals surface area contributed by atoms with E-state index in [9.17, 15) is 22.8 Å². The van der Waals surface area contributed by atoms with Gasteiger partial charge in [-0.1, -0.05) is 13.8 Å².